The average Bonchev–Trinajstić information content (AvgIpc) is 2.59. The second-order valence-electron chi connectivity index (χ2n) is 4.19. The van der Waals surface area contributed by atoms with Crippen molar-refractivity contribution in [1.82, 2.24) is 4.98 Å². The van der Waals surface area contributed by atoms with Crippen LogP contribution in [-0.4, -0.2) is 33.2 Å². The summed E-state index contributed by atoms with van der Waals surface area (Å²) in [6.07, 6.45) is 1.27. The Kier molecular flexibility index (Phi) is 2.91. The Labute approximate surface area is 97.9 Å². The van der Waals surface area contributed by atoms with Crippen molar-refractivity contribution < 1.29 is 13.2 Å². The predicted octanol–water partition coefficient (Wildman–Crippen LogP) is 0.239. The van der Waals surface area contributed by atoms with Crippen LogP contribution in [0.4, 0.5) is 5.13 Å². The molecule has 0 atom stereocenters. The summed E-state index contributed by atoms with van der Waals surface area (Å²) >= 11 is 1.04. The summed E-state index contributed by atoms with van der Waals surface area (Å²) in [5.74, 6) is 0. The quantitative estimate of drug-likeness (QED) is 0.811. The van der Waals surface area contributed by atoms with Crippen LogP contribution in [0.1, 0.15) is 6.92 Å². The van der Waals surface area contributed by atoms with Crippen molar-refractivity contribution in [2.24, 2.45) is 10.6 Å². The van der Waals surface area contributed by atoms with Crippen LogP contribution < -0.4 is 10.5 Å². The molecule has 1 fully saturated rings. The number of thiazole rings is 1. The fourth-order valence-electron chi connectivity index (χ4n) is 1.31. The number of sulfonamides is 1. The van der Waals surface area contributed by atoms with Gasteiger partial charge in [-0.25, -0.2) is 18.5 Å². The Bertz CT molecular complexity index is 478. The Morgan fingerprint density at radius 1 is 1.69 bits per heavy atom. The fourth-order valence-corrected chi connectivity index (χ4v) is 2.76. The van der Waals surface area contributed by atoms with Crippen LogP contribution >= 0.6 is 11.3 Å². The van der Waals surface area contributed by atoms with Gasteiger partial charge in [0.25, 0.3) is 0 Å². The van der Waals surface area contributed by atoms with Gasteiger partial charge < -0.3 is 10.1 Å². The molecular weight excluding hydrogens is 250 g/mol. The van der Waals surface area contributed by atoms with E-state index in [0.717, 1.165) is 11.3 Å². The van der Waals surface area contributed by atoms with Gasteiger partial charge in [-0.3, -0.25) is 0 Å². The number of hydrogen-bond donors (Lipinski definition) is 2. The summed E-state index contributed by atoms with van der Waals surface area (Å²) in [6, 6.07) is 0. The number of nitrogens with one attached hydrogen (secondary N) is 1. The van der Waals surface area contributed by atoms with Crippen LogP contribution in [0.25, 0.3) is 0 Å². The van der Waals surface area contributed by atoms with Gasteiger partial charge in [-0.15, -0.1) is 0 Å². The molecule has 6 nitrogen and oxygen atoms in total. The van der Waals surface area contributed by atoms with Crippen molar-refractivity contribution in [2.75, 3.05) is 25.1 Å². The molecule has 0 aromatic carbocycles. The van der Waals surface area contributed by atoms with Gasteiger partial charge in [-0.1, -0.05) is 18.3 Å². The number of aromatic nitrogens is 1. The molecule has 1 aliphatic heterocycles. The molecule has 0 radical (unpaired) electrons. The van der Waals surface area contributed by atoms with E-state index in [2.05, 4.69) is 17.2 Å². The second-order valence-corrected chi connectivity index (χ2v) is 7.01. The maximum Gasteiger partial charge on any atom is 0.249 e. The Morgan fingerprint density at radius 3 is 2.81 bits per heavy atom. The zero-order valence-electron chi connectivity index (χ0n) is 8.76. The van der Waals surface area contributed by atoms with Crippen LogP contribution in [0, 0.1) is 5.41 Å². The average molecular weight is 263 g/mol. The monoisotopic (exact) mass is 263 g/mol. The largest absolute Gasteiger partial charge is 0.380 e. The lowest BCUT2D eigenvalue weighted by Gasteiger charge is -2.37. The van der Waals surface area contributed by atoms with Crippen LogP contribution in [0.3, 0.4) is 0 Å². The molecule has 2 heterocycles. The number of primary sulfonamides is 1. The maximum atomic E-state index is 11.0. The number of nitrogens with zero attached hydrogens (tertiary/aromatic N) is 1. The summed E-state index contributed by atoms with van der Waals surface area (Å²) in [5, 5.41) is 8.64. The molecule has 0 unspecified atom stereocenters. The Balaban J connectivity index is 1.98. The van der Waals surface area contributed by atoms with Crippen LogP contribution in [0.2, 0.25) is 0 Å². The topological polar surface area (TPSA) is 94.3 Å². The molecule has 1 aliphatic rings. The normalized spacial score (nSPS) is 19.1. The fraction of sp³-hybridized carbons (Fsp3) is 0.625. The van der Waals surface area contributed by atoms with Gasteiger partial charge in [0.15, 0.2) is 9.34 Å². The highest BCUT2D eigenvalue weighted by molar-refractivity contribution is 7.91. The highest BCUT2D eigenvalue weighted by Crippen LogP contribution is 2.28. The van der Waals surface area contributed by atoms with E-state index in [1.165, 1.54) is 6.20 Å². The third-order valence-electron chi connectivity index (χ3n) is 2.33. The SMILES string of the molecule is CC1(CNc2ncc(S(N)(=O)=O)s2)COC1. The molecule has 2 rings (SSSR count). The molecular formula is C8H13N3O3S2. The highest BCUT2D eigenvalue weighted by atomic mass is 32.2. The number of ether oxygens (including phenoxy) is 1. The van der Waals surface area contributed by atoms with Crippen molar-refractivity contribution in [3.05, 3.63) is 6.20 Å². The third-order valence-corrected chi connectivity index (χ3v) is 4.70. The molecule has 16 heavy (non-hydrogen) atoms. The van der Waals surface area contributed by atoms with Gasteiger partial charge in [-0.05, 0) is 0 Å². The summed E-state index contributed by atoms with van der Waals surface area (Å²) in [6.45, 7) is 4.24. The zero-order chi connectivity index (χ0) is 11.8. The van der Waals surface area contributed by atoms with Crippen molar-refractivity contribution in [1.29, 1.82) is 0 Å². The molecule has 90 valence electrons. The van der Waals surface area contributed by atoms with Crippen molar-refractivity contribution in [2.45, 2.75) is 11.1 Å². The molecule has 0 bridgehead atoms. The van der Waals surface area contributed by atoms with Crippen molar-refractivity contribution >= 4 is 26.5 Å². The van der Waals surface area contributed by atoms with E-state index in [1.807, 2.05) is 0 Å². The highest BCUT2D eigenvalue weighted by Gasteiger charge is 2.33. The van der Waals surface area contributed by atoms with Gasteiger partial charge in [0, 0.05) is 12.0 Å². The lowest BCUT2D eigenvalue weighted by Crippen LogP contribution is -2.45. The van der Waals surface area contributed by atoms with E-state index in [-0.39, 0.29) is 9.62 Å². The minimum absolute atomic E-state index is 0.0741. The van der Waals surface area contributed by atoms with E-state index >= 15 is 0 Å². The third kappa shape index (κ3) is 2.51. The molecule has 1 aromatic heterocycles. The van der Waals surface area contributed by atoms with E-state index in [0.29, 0.717) is 24.9 Å². The predicted molar refractivity (Wildman–Crippen MR) is 60.9 cm³/mol. The zero-order valence-corrected chi connectivity index (χ0v) is 10.4. The first-order valence-electron chi connectivity index (χ1n) is 4.69. The molecule has 0 aliphatic carbocycles. The molecule has 1 aromatic rings. The smallest absolute Gasteiger partial charge is 0.249 e. The van der Waals surface area contributed by atoms with Crippen LogP contribution in [0.5, 0.6) is 0 Å². The standard InChI is InChI=1S/C8H13N3O3S2/c1-8(4-14-5-8)3-11-7-10-2-6(15-7)16(9,12)13/h2H,3-5H2,1H3,(H,10,11)(H2,9,12,13). The summed E-state index contributed by atoms with van der Waals surface area (Å²) in [4.78, 5) is 3.95. The lowest BCUT2D eigenvalue weighted by atomic mass is 9.89. The molecule has 1 saturated heterocycles. The molecule has 0 saturated carbocycles. The van der Waals surface area contributed by atoms with Gasteiger partial charge in [0.05, 0.1) is 19.4 Å². The van der Waals surface area contributed by atoms with Crippen LogP contribution in [-0.2, 0) is 14.8 Å². The first-order chi connectivity index (χ1) is 7.39. The maximum absolute atomic E-state index is 11.0. The van der Waals surface area contributed by atoms with Gasteiger partial charge in [0.1, 0.15) is 0 Å². The lowest BCUT2D eigenvalue weighted by molar-refractivity contribution is -0.0924. The van der Waals surface area contributed by atoms with Crippen molar-refractivity contribution in [3.8, 4) is 0 Å². The Morgan fingerprint density at radius 2 is 2.38 bits per heavy atom. The van der Waals surface area contributed by atoms with Crippen molar-refractivity contribution in [3.63, 3.8) is 0 Å². The molecule has 0 amide bonds. The summed E-state index contributed by atoms with van der Waals surface area (Å²) in [7, 11) is -3.64. The van der Waals surface area contributed by atoms with Gasteiger partial charge >= 0.3 is 0 Å². The number of hydrogen-bond acceptors (Lipinski definition) is 6. The van der Waals surface area contributed by atoms with Crippen LogP contribution in [0.15, 0.2) is 10.4 Å². The van der Waals surface area contributed by atoms with E-state index in [4.69, 9.17) is 9.88 Å². The summed E-state index contributed by atoms with van der Waals surface area (Å²) < 4.78 is 27.2. The Hall–Kier alpha value is -0.700. The second kappa shape index (κ2) is 3.95. The van der Waals surface area contributed by atoms with E-state index < -0.39 is 10.0 Å². The van der Waals surface area contributed by atoms with E-state index in [9.17, 15) is 8.42 Å². The number of nitrogens with two attached hydrogens (primary N) is 1. The van der Waals surface area contributed by atoms with Gasteiger partial charge in [-0.2, -0.15) is 0 Å². The molecule has 8 heteroatoms. The minimum Gasteiger partial charge on any atom is -0.380 e. The number of anilines is 1. The molecule has 0 spiro atoms. The van der Waals surface area contributed by atoms with E-state index in [1.54, 1.807) is 0 Å². The first kappa shape index (κ1) is 11.8. The first-order valence-corrected chi connectivity index (χ1v) is 7.06. The minimum atomic E-state index is -3.64. The molecule has 3 N–H and O–H groups in total. The van der Waals surface area contributed by atoms with Gasteiger partial charge in [0.2, 0.25) is 10.0 Å². The number of rotatable bonds is 4. The summed E-state index contributed by atoms with van der Waals surface area (Å²) in [5.41, 5.74) is 0.118.